The largest absolute Gasteiger partial charge is 0.294 e. The normalized spacial score (nSPS) is 29.3. The van der Waals surface area contributed by atoms with Crippen molar-refractivity contribution in [1.82, 2.24) is 0 Å². The second-order valence-corrected chi connectivity index (χ2v) is 8.89. The summed E-state index contributed by atoms with van der Waals surface area (Å²) in [4.78, 5) is 12.7. The van der Waals surface area contributed by atoms with Gasteiger partial charge >= 0.3 is 0 Å². The SMILES string of the molecule is C=C1C(=O)C2(Cc3ccc(C)c(S(=O)(=O)O)c3)CCC1C2(C)C. The van der Waals surface area contributed by atoms with Crippen LogP contribution in [0.4, 0.5) is 0 Å². The van der Waals surface area contributed by atoms with Crippen molar-refractivity contribution in [3.05, 3.63) is 41.5 Å². The highest BCUT2D eigenvalue weighted by atomic mass is 32.2. The molecule has 2 aliphatic carbocycles. The molecule has 0 heterocycles. The van der Waals surface area contributed by atoms with E-state index in [-0.39, 0.29) is 22.0 Å². The first-order chi connectivity index (χ1) is 10.5. The molecule has 0 amide bonds. The summed E-state index contributed by atoms with van der Waals surface area (Å²) in [6.45, 7) is 9.85. The summed E-state index contributed by atoms with van der Waals surface area (Å²) in [6.07, 6.45) is 2.24. The van der Waals surface area contributed by atoms with Crippen molar-refractivity contribution in [2.45, 2.75) is 44.9 Å². The highest BCUT2D eigenvalue weighted by Crippen LogP contribution is 2.66. The zero-order valence-electron chi connectivity index (χ0n) is 13.7. The van der Waals surface area contributed by atoms with Crippen LogP contribution in [0.3, 0.4) is 0 Å². The summed E-state index contributed by atoms with van der Waals surface area (Å²) in [6, 6.07) is 5.02. The summed E-state index contributed by atoms with van der Waals surface area (Å²) >= 11 is 0. The molecule has 1 aromatic carbocycles. The van der Waals surface area contributed by atoms with Gasteiger partial charge in [0.1, 0.15) is 0 Å². The third-order valence-electron chi connectivity index (χ3n) is 6.15. The molecule has 4 nitrogen and oxygen atoms in total. The summed E-state index contributed by atoms with van der Waals surface area (Å²) in [5.41, 5.74) is 1.29. The molecule has 124 valence electrons. The van der Waals surface area contributed by atoms with Crippen molar-refractivity contribution in [2.75, 3.05) is 0 Å². The molecule has 0 spiro atoms. The number of allylic oxidation sites excluding steroid dienone is 1. The van der Waals surface area contributed by atoms with Crippen LogP contribution in [0.15, 0.2) is 35.2 Å². The number of aryl methyl sites for hydroxylation is 1. The minimum Gasteiger partial charge on any atom is -0.294 e. The first-order valence-electron chi connectivity index (χ1n) is 7.81. The number of hydrogen-bond acceptors (Lipinski definition) is 3. The van der Waals surface area contributed by atoms with Crippen LogP contribution >= 0.6 is 0 Å². The molecule has 2 saturated carbocycles. The molecule has 2 fully saturated rings. The molecule has 2 aliphatic rings. The van der Waals surface area contributed by atoms with E-state index in [0.29, 0.717) is 17.6 Å². The van der Waals surface area contributed by atoms with Gasteiger partial charge in [0.25, 0.3) is 10.1 Å². The lowest BCUT2D eigenvalue weighted by atomic mass is 9.65. The molecule has 2 unspecified atom stereocenters. The van der Waals surface area contributed by atoms with E-state index in [1.165, 1.54) is 6.07 Å². The Hall–Kier alpha value is -1.46. The number of benzene rings is 1. The van der Waals surface area contributed by atoms with Gasteiger partial charge < -0.3 is 0 Å². The standard InChI is InChI=1S/C18H22O4S/c1-11-5-6-13(9-15(11)23(20,21)22)10-18-8-7-14(17(18,3)4)12(2)16(18)19/h5-6,9,14H,2,7-8,10H2,1,3-4H3,(H,20,21,22). The summed E-state index contributed by atoms with van der Waals surface area (Å²) < 4.78 is 32.4. The van der Waals surface area contributed by atoms with E-state index in [4.69, 9.17) is 0 Å². The van der Waals surface area contributed by atoms with E-state index in [0.717, 1.165) is 18.4 Å². The van der Waals surface area contributed by atoms with Crippen molar-refractivity contribution < 1.29 is 17.8 Å². The van der Waals surface area contributed by atoms with Crippen molar-refractivity contribution in [1.29, 1.82) is 0 Å². The number of carbonyl (C=O) groups is 1. The Labute approximate surface area is 137 Å². The molecule has 3 rings (SSSR count). The third-order valence-corrected chi connectivity index (χ3v) is 7.14. The van der Waals surface area contributed by atoms with Crippen LogP contribution in [0.2, 0.25) is 0 Å². The van der Waals surface area contributed by atoms with E-state index in [2.05, 4.69) is 20.4 Å². The van der Waals surface area contributed by atoms with Gasteiger partial charge in [0, 0.05) is 5.41 Å². The van der Waals surface area contributed by atoms with Crippen molar-refractivity contribution in [3.63, 3.8) is 0 Å². The Morgan fingerprint density at radius 1 is 1.35 bits per heavy atom. The molecule has 2 atom stereocenters. The van der Waals surface area contributed by atoms with Gasteiger partial charge in [-0.15, -0.1) is 0 Å². The predicted molar refractivity (Wildman–Crippen MR) is 87.8 cm³/mol. The fourth-order valence-corrected chi connectivity index (χ4v) is 5.44. The Morgan fingerprint density at radius 2 is 2.00 bits per heavy atom. The highest BCUT2D eigenvalue weighted by molar-refractivity contribution is 7.85. The number of hydrogen-bond donors (Lipinski definition) is 1. The van der Waals surface area contributed by atoms with Gasteiger partial charge in [-0.2, -0.15) is 8.42 Å². The Morgan fingerprint density at radius 3 is 2.52 bits per heavy atom. The van der Waals surface area contributed by atoms with Gasteiger partial charge in [-0.25, -0.2) is 0 Å². The number of ketones is 1. The molecule has 0 aromatic heterocycles. The van der Waals surface area contributed by atoms with E-state index in [1.54, 1.807) is 13.0 Å². The molecule has 0 saturated heterocycles. The molecule has 5 heteroatoms. The molecule has 0 aliphatic heterocycles. The average molecular weight is 334 g/mol. The molecule has 0 radical (unpaired) electrons. The molecule has 1 aromatic rings. The maximum absolute atomic E-state index is 12.8. The second kappa shape index (κ2) is 4.77. The van der Waals surface area contributed by atoms with Crippen LogP contribution in [0.1, 0.15) is 37.8 Å². The highest BCUT2D eigenvalue weighted by Gasteiger charge is 2.65. The number of carbonyl (C=O) groups excluding carboxylic acids is 1. The fourth-order valence-electron chi connectivity index (χ4n) is 4.67. The first kappa shape index (κ1) is 16.4. The fraction of sp³-hybridized carbons (Fsp3) is 0.500. The van der Waals surface area contributed by atoms with Gasteiger partial charge in [-0.05, 0) is 60.3 Å². The van der Waals surface area contributed by atoms with Gasteiger partial charge in [-0.3, -0.25) is 9.35 Å². The van der Waals surface area contributed by atoms with Gasteiger partial charge in [0.2, 0.25) is 0 Å². The Balaban J connectivity index is 2.06. The summed E-state index contributed by atoms with van der Waals surface area (Å²) in [5.74, 6) is 0.328. The first-order valence-corrected chi connectivity index (χ1v) is 9.25. The topological polar surface area (TPSA) is 71.4 Å². The van der Waals surface area contributed by atoms with Crippen molar-refractivity contribution >= 4 is 15.9 Å². The smallest absolute Gasteiger partial charge is 0.294 e. The van der Waals surface area contributed by atoms with E-state index in [1.807, 2.05) is 6.07 Å². The predicted octanol–water partition coefficient (Wildman–Crippen LogP) is 3.35. The van der Waals surface area contributed by atoms with Gasteiger partial charge in [0.05, 0.1) is 4.90 Å². The van der Waals surface area contributed by atoms with Crippen molar-refractivity contribution in [3.8, 4) is 0 Å². The van der Waals surface area contributed by atoms with Crippen LogP contribution in [-0.4, -0.2) is 18.8 Å². The lowest BCUT2D eigenvalue weighted by Gasteiger charge is -2.36. The van der Waals surface area contributed by atoms with Gasteiger partial charge in [-0.1, -0.05) is 32.6 Å². The van der Waals surface area contributed by atoms with Crippen LogP contribution in [0, 0.1) is 23.7 Å². The summed E-state index contributed by atoms with van der Waals surface area (Å²) in [5, 5.41) is 0. The maximum atomic E-state index is 12.8. The van der Waals surface area contributed by atoms with E-state index in [9.17, 15) is 17.8 Å². The Kier molecular flexibility index (Phi) is 3.40. The third kappa shape index (κ3) is 2.13. The van der Waals surface area contributed by atoms with E-state index < -0.39 is 15.5 Å². The molecule has 23 heavy (non-hydrogen) atoms. The van der Waals surface area contributed by atoms with Crippen LogP contribution in [-0.2, 0) is 21.3 Å². The number of rotatable bonds is 3. The maximum Gasteiger partial charge on any atom is 0.294 e. The van der Waals surface area contributed by atoms with Crippen LogP contribution < -0.4 is 0 Å². The molecular weight excluding hydrogens is 312 g/mol. The molecular formula is C18H22O4S. The lowest BCUT2D eigenvalue weighted by molar-refractivity contribution is -0.126. The van der Waals surface area contributed by atoms with Gasteiger partial charge in [0.15, 0.2) is 5.78 Å². The Bertz CT molecular complexity index is 819. The average Bonchev–Trinajstić information content (AvgIpc) is 2.76. The quantitative estimate of drug-likeness (QED) is 0.680. The van der Waals surface area contributed by atoms with E-state index >= 15 is 0 Å². The number of Topliss-reactive ketones (excluding diaryl/α,β-unsaturated/α-hetero) is 1. The summed E-state index contributed by atoms with van der Waals surface area (Å²) in [7, 11) is -4.26. The zero-order chi connectivity index (χ0) is 17.2. The minimum atomic E-state index is -4.26. The monoisotopic (exact) mass is 334 g/mol. The minimum absolute atomic E-state index is 0.0805. The molecule has 2 bridgehead atoms. The number of fused-ring (bicyclic) bond motifs is 2. The van der Waals surface area contributed by atoms with Crippen LogP contribution in [0.25, 0.3) is 0 Å². The molecule has 1 N–H and O–H groups in total. The van der Waals surface area contributed by atoms with Crippen molar-refractivity contribution in [2.24, 2.45) is 16.7 Å². The zero-order valence-corrected chi connectivity index (χ0v) is 14.5. The van der Waals surface area contributed by atoms with Crippen LogP contribution in [0.5, 0.6) is 0 Å². The second-order valence-electron chi connectivity index (χ2n) is 7.50. The lowest BCUT2D eigenvalue weighted by Crippen LogP contribution is -2.38.